The molecule has 0 aliphatic carbocycles. The van der Waals surface area contributed by atoms with E-state index in [4.69, 9.17) is 20.4 Å². The Hall–Kier alpha value is -0.641. The number of rotatable bonds is 12. The van der Waals surface area contributed by atoms with Crippen molar-refractivity contribution in [2.24, 2.45) is 0 Å². The van der Waals surface area contributed by atoms with E-state index in [2.05, 4.69) is 20.8 Å². The van der Waals surface area contributed by atoms with Crippen molar-refractivity contribution < 1.29 is 35.5 Å². The van der Waals surface area contributed by atoms with E-state index in [1.807, 2.05) is 0 Å². The van der Waals surface area contributed by atoms with Crippen LogP contribution in [0.3, 0.4) is 0 Å². The first-order valence-corrected chi connectivity index (χ1v) is 15.6. The summed E-state index contributed by atoms with van der Waals surface area (Å²) in [6.07, 6.45) is 9.40. The third kappa shape index (κ3) is 41.1. The van der Waals surface area contributed by atoms with Crippen molar-refractivity contribution in [2.45, 2.75) is 85.6 Å². The van der Waals surface area contributed by atoms with Crippen LogP contribution in [0.2, 0.25) is 13.3 Å². The molecule has 0 aliphatic rings. The topological polar surface area (TPSA) is 147 Å². The second kappa shape index (κ2) is 27.6. The number of aliphatic carboxylic acids is 2. The minimum atomic E-state index is -1.26. The number of carbonyl (C=O) groups is 2. The summed E-state index contributed by atoms with van der Waals surface area (Å²) in [5.74, 6) is -2.51. The average molecular weight is 500 g/mol. The monoisotopic (exact) mass is 501 g/mol. The van der Waals surface area contributed by atoms with E-state index >= 15 is 0 Å². The van der Waals surface area contributed by atoms with Gasteiger partial charge >= 0.3 is 104 Å². The maximum atomic E-state index is 9.55. The van der Waals surface area contributed by atoms with Gasteiger partial charge in [-0.05, 0) is 6.92 Å². The van der Waals surface area contributed by atoms with Gasteiger partial charge in [-0.15, -0.1) is 0 Å². The Labute approximate surface area is 171 Å². The molecule has 0 amide bonds. The Morgan fingerprint density at radius 2 is 1.11 bits per heavy atom. The number of aliphatic hydroxyl groups excluding tert-OH is 2. The molecule has 27 heavy (non-hydrogen) atoms. The molecule has 0 aromatic rings. The maximum Gasteiger partial charge on any atom is 0.328 e. The third-order valence-corrected chi connectivity index (χ3v) is 12.4. The second-order valence-electron chi connectivity index (χ2n) is 6.10. The molecule has 0 heterocycles. The molecule has 0 aromatic carbocycles. The molecule has 0 bridgehead atoms. The van der Waals surface area contributed by atoms with Crippen molar-refractivity contribution in [2.75, 3.05) is 6.61 Å². The van der Waals surface area contributed by atoms with E-state index in [9.17, 15) is 9.59 Å². The Kier molecular flexibility index (Phi) is 34.6. The maximum absolute atomic E-state index is 9.55. The molecule has 0 spiro atoms. The number of carboxylic acids is 2. The van der Waals surface area contributed by atoms with Gasteiger partial charge < -0.3 is 25.9 Å². The molecule has 0 aliphatic heterocycles. The van der Waals surface area contributed by atoms with Crippen molar-refractivity contribution in [3.8, 4) is 0 Å². The SMILES string of the molecule is CC(O)CO.CCC[CH2][Sn]([CH2]CCC)[CH2]CCC.O.O=C(O)/C=C\C(=O)O. The molecule has 1 unspecified atom stereocenters. The summed E-state index contributed by atoms with van der Waals surface area (Å²) in [4.78, 5) is 19.1. The van der Waals surface area contributed by atoms with Crippen LogP contribution in [-0.4, -0.2) is 70.3 Å². The van der Waals surface area contributed by atoms with Crippen molar-refractivity contribution in [3.05, 3.63) is 12.2 Å². The fraction of sp³-hybridized carbons (Fsp3) is 0.789. The van der Waals surface area contributed by atoms with Gasteiger partial charge in [0.25, 0.3) is 0 Å². The first-order valence-electron chi connectivity index (χ1n) is 9.51. The van der Waals surface area contributed by atoms with Crippen molar-refractivity contribution in [1.29, 1.82) is 0 Å². The number of unbranched alkanes of at least 4 members (excludes halogenated alkanes) is 3. The molecular formula is C19H41O7Sn. The summed E-state index contributed by atoms with van der Waals surface area (Å²) in [5, 5.41) is 31.6. The van der Waals surface area contributed by atoms with Crippen molar-refractivity contribution in [3.63, 3.8) is 0 Å². The summed E-state index contributed by atoms with van der Waals surface area (Å²) in [5.41, 5.74) is 0. The van der Waals surface area contributed by atoms with Gasteiger partial charge in [0.15, 0.2) is 0 Å². The molecule has 1 radical (unpaired) electrons. The summed E-state index contributed by atoms with van der Waals surface area (Å²) >= 11 is -0.839. The number of hydrogen-bond donors (Lipinski definition) is 4. The molecule has 0 fully saturated rings. The fourth-order valence-electron chi connectivity index (χ4n) is 1.80. The summed E-state index contributed by atoms with van der Waals surface area (Å²) < 4.78 is 5.04. The molecule has 0 saturated heterocycles. The largest absolute Gasteiger partial charge is 0.478 e. The molecule has 0 aromatic heterocycles. The van der Waals surface area contributed by atoms with Crippen LogP contribution in [0.1, 0.15) is 66.2 Å². The molecule has 6 N–H and O–H groups in total. The number of hydrogen-bond acceptors (Lipinski definition) is 4. The van der Waals surface area contributed by atoms with Crippen LogP contribution in [0.15, 0.2) is 12.2 Å². The van der Waals surface area contributed by atoms with Crippen LogP contribution in [0.5, 0.6) is 0 Å². The van der Waals surface area contributed by atoms with Crippen molar-refractivity contribution >= 4 is 31.7 Å². The Morgan fingerprint density at radius 1 is 0.852 bits per heavy atom. The quantitative estimate of drug-likeness (QED) is 0.239. The van der Waals surface area contributed by atoms with Crippen LogP contribution in [0.4, 0.5) is 0 Å². The summed E-state index contributed by atoms with van der Waals surface area (Å²) in [6.45, 7) is 8.39. The molecule has 0 rings (SSSR count). The first kappa shape index (κ1) is 33.9. The van der Waals surface area contributed by atoms with E-state index < -0.39 is 37.8 Å². The third-order valence-electron chi connectivity index (χ3n) is 3.28. The van der Waals surface area contributed by atoms with Gasteiger partial charge in [0.2, 0.25) is 0 Å². The summed E-state index contributed by atoms with van der Waals surface area (Å²) in [7, 11) is 0. The van der Waals surface area contributed by atoms with Gasteiger partial charge in [0.1, 0.15) is 0 Å². The Bertz CT molecular complexity index is 312. The zero-order chi connectivity index (χ0) is 20.8. The van der Waals surface area contributed by atoms with E-state index in [0.717, 1.165) is 0 Å². The number of aliphatic hydroxyl groups is 2. The van der Waals surface area contributed by atoms with Crippen LogP contribution < -0.4 is 0 Å². The van der Waals surface area contributed by atoms with E-state index in [0.29, 0.717) is 12.2 Å². The van der Waals surface area contributed by atoms with Gasteiger partial charge in [-0.1, -0.05) is 0 Å². The van der Waals surface area contributed by atoms with Gasteiger partial charge in [0.05, 0.1) is 12.7 Å². The molecule has 7 nitrogen and oxygen atoms in total. The molecule has 0 saturated carbocycles. The molecule has 163 valence electrons. The average Bonchev–Trinajstić information content (AvgIpc) is 2.60. The number of carboxylic acid groups (broad SMARTS) is 2. The zero-order valence-electron chi connectivity index (χ0n) is 17.4. The first-order chi connectivity index (χ1) is 12.2. The van der Waals surface area contributed by atoms with Gasteiger partial charge in [0, 0.05) is 12.2 Å². The predicted octanol–water partition coefficient (Wildman–Crippen LogP) is 3.13. The Balaban J connectivity index is -0.000000162. The van der Waals surface area contributed by atoms with Crippen LogP contribution in [0.25, 0.3) is 0 Å². The van der Waals surface area contributed by atoms with Gasteiger partial charge in [-0.25, -0.2) is 9.59 Å². The standard InChI is InChI=1S/C4H4O4.3C4H9.C3H8O2.H2O.Sn/c5-3(6)1-2-4(7)8;3*1-3-4-2;1-3(5)2-4;;/h1-2H,(H,5,6)(H,7,8);3*1,3-4H2,2H3;3-5H,2H2,1H3;1H2;/b2-1-;;;;;;. The van der Waals surface area contributed by atoms with Crippen LogP contribution in [-0.2, 0) is 9.59 Å². The van der Waals surface area contributed by atoms with Crippen molar-refractivity contribution in [1.82, 2.24) is 0 Å². The van der Waals surface area contributed by atoms with E-state index in [-0.39, 0.29) is 12.1 Å². The van der Waals surface area contributed by atoms with E-state index in [1.165, 1.54) is 45.4 Å². The molecule has 1 atom stereocenters. The van der Waals surface area contributed by atoms with Gasteiger partial charge in [-0.3, -0.25) is 0 Å². The van der Waals surface area contributed by atoms with E-state index in [1.54, 1.807) is 13.3 Å². The normalized spacial score (nSPS) is 10.9. The second-order valence-corrected chi connectivity index (χ2v) is 14.7. The Morgan fingerprint density at radius 3 is 1.26 bits per heavy atom. The minimum Gasteiger partial charge on any atom is -0.478 e. The minimum absolute atomic E-state index is 0. The summed E-state index contributed by atoms with van der Waals surface area (Å²) in [6, 6.07) is 0. The zero-order valence-corrected chi connectivity index (χ0v) is 20.3. The van der Waals surface area contributed by atoms with Crippen LogP contribution >= 0.6 is 0 Å². The smallest absolute Gasteiger partial charge is 0.328 e. The fourth-order valence-corrected chi connectivity index (χ4v) is 11.2. The molecular weight excluding hydrogens is 459 g/mol. The van der Waals surface area contributed by atoms with Crippen LogP contribution in [0, 0.1) is 0 Å². The predicted molar refractivity (Wildman–Crippen MR) is 112 cm³/mol. The molecule has 8 heteroatoms. The van der Waals surface area contributed by atoms with Gasteiger partial charge in [-0.2, -0.15) is 0 Å².